The Balaban J connectivity index is 0.000000758. The van der Waals surface area contributed by atoms with Crippen LogP contribution in [-0.2, 0) is 0 Å². The normalized spacial score (nSPS) is 11.1. The van der Waals surface area contributed by atoms with E-state index in [1.165, 1.54) is 66.8 Å². The van der Waals surface area contributed by atoms with Gasteiger partial charge in [-0.05, 0) is 80.8 Å². The summed E-state index contributed by atoms with van der Waals surface area (Å²) in [6.45, 7) is 15.4. The molecule has 6 rings (SSSR count). The highest BCUT2D eigenvalue weighted by Gasteiger charge is 2.14. The number of nitrogens with zero attached hydrogens (tertiary/aromatic N) is 2. The first-order valence-corrected chi connectivity index (χ1v) is 13.7. The summed E-state index contributed by atoms with van der Waals surface area (Å²) < 4.78 is 4.72. The smallest absolute Gasteiger partial charge is 0.0537 e. The summed E-state index contributed by atoms with van der Waals surface area (Å²) in [5.41, 5.74) is 12.5. The zero-order chi connectivity index (χ0) is 28.2. The van der Waals surface area contributed by atoms with E-state index in [0.29, 0.717) is 0 Å². The van der Waals surface area contributed by atoms with Crippen molar-refractivity contribution < 1.29 is 0 Å². The minimum Gasteiger partial charge on any atom is -0.314 e. The minimum absolute atomic E-state index is 1.18. The predicted molar refractivity (Wildman–Crippen MR) is 175 cm³/mol. The highest BCUT2D eigenvalue weighted by atomic mass is 15.0. The number of allylic oxidation sites excluding steroid dienone is 3. The largest absolute Gasteiger partial charge is 0.314 e. The Bertz CT molecular complexity index is 1830. The Morgan fingerprint density at radius 2 is 1.00 bits per heavy atom. The van der Waals surface area contributed by atoms with E-state index in [0.717, 1.165) is 0 Å². The van der Waals surface area contributed by atoms with Crippen LogP contribution < -0.4 is 0 Å². The molecule has 198 valence electrons. The predicted octanol–water partition coefficient (Wildman–Crippen LogP) is 10.6. The van der Waals surface area contributed by atoms with Crippen LogP contribution in [0.2, 0.25) is 0 Å². The summed E-state index contributed by atoms with van der Waals surface area (Å²) in [5.74, 6) is 0. The summed E-state index contributed by atoms with van der Waals surface area (Å²) in [6.07, 6.45) is 7.60. The lowest BCUT2D eigenvalue weighted by Crippen LogP contribution is -1.97. The van der Waals surface area contributed by atoms with Gasteiger partial charge in [-0.25, -0.2) is 0 Å². The van der Waals surface area contributed by atoms with Crippen molar-refractivity contribution in [2.75, 3.05) is 0 Å². The first-order chi connectivity index (χ1) is 19.5. The van der Waals surface area contributed by atoms with Gasteiger partial charge in [0, 0.05) is 39.1 Å². The van der Waals surface area contributed by atoms with Crippen molar-refractivity contribution in [3.8, 4) is 22.5 Å². The van der Waals surface area contributed by atoms with Crippen LogP contribution in [0.4, 0.5) is 0 Å². The third-order valence-corrected chi connectivity index (χ3v) is 7.67. The second kappa shape index (κ2) is 11.5. The molecule has 0 spiro atoms. The molecule has 40 heavy (non-hydrogen) atoms. The van der Waals surface area contributed by atoms with Gasteiger partial charge in [0.2, 0.25) is 0 Å². The maximum absolute atomic E-state index is 3.36. The van der Waals surface area contributed by atoms with E-state index >= 15 is 0 Å². The van der Waals surface area contributed by atoms with Gasteiger partial charge >= 0.3 is 0 Å². The van der Waals surface area contributed by atoms with Crippen LogP contribution in [0, 0.1) is 20.8 Å². The van der Waals surface area contributed by atoms with Crippen molar-refractivity contribution in [1.82, 2.24) is 9.13 Å². The average Bonchev–Trinajstić information content (AvgIpc) is 3.43. The minimum atomic E-state index is 1.18. The topological polar surface area (TPSA) is 9.86 Å². The lowest BCUT2D eigenvalue weighted by atomic mass is 10.0. The molecule has 6 aromatic rings. The molecule has 4 aromatic carbocycles. The van der Waals surface area contributed by atoms with Gasteiger partial charge in [0.05, 0.1) is 11.0 Å². The number of fused-ring (bicyclic) bond motifs is 2. The molecule has 0 atom stereocenters. The lowest BCUT2D eigenvalue weighted by Gasteiger charge is -2.12. The Labute approximate surface area is 237 Å². The van der Waals surface area contributed by atoms with E-state index in [9.17, 15) is 0 Å². The van der Waals surface area contributed by atoms with E-state index in [4.69, 9.17) is 0 Å². The van der Waals surface area contributed by atoms with Crippen molar-refractivity contribution in [2.24, 2.45) is 0 Å². The molecule has 2 aromatic heterocycles. The zero-order valence-corrected chi connectivity index (χ0v) is 23.9. The molecule has 0 aliphatic heterocycles. The molecule has 0 bridgehead atoms. The number of rotatable bonds is 5. The van der Waals surface area contributed by atoms with Crippen molar-refractivity contribution >= 4 is 27.9 Å². The van der Waals surface area contributed by atoms with Crippen LogP contribution >= 0.6 is 0 Å². The summed E-state index contributed by atoms with van der Waals surface area (Å²) in [5, 5.41) is 2.61. The molecule has 2 heterocycles. The lowest BCUT2D eigenvalue weighted by molar-refractivity contribution is 1.04. The monoisotopic (exact) mass is 520 g/mol. The maximum Gasteiger partial charge on any atom is 0.0537 e. The van der Waals surface area contributed by atoms with Gasteiger partial charge in [0.15, 0.2) is 0 Å². The average molecular weight is 521 g/mol. The number of para-hydroxylation sites is 2. The number of aromatic nitrogens is 2. The quantitative estimate of drug-likeness (QED) is 0.200. The summed E-state index contributed by atoms with van der Waals surface area (Å²) in [4.78, 5) is 0. The third-order valence-electron chi connectivity index (χ3n) is 7.67. The van der Waals surface area contributed by atoms with Crippen LogP contribution in [0.25, 0.3) is 50.4 Å². The number of hydrogen-bond acceptors (Lipinski definition) is 0. The fourth-order valence-electron chi connectivity index (χ4n) is 5.57. The van der Waals surface area contributed by atoms with Gasteiger partial charge in [0.1, 0.15) is 0 Å². The van der Waals surface area contributed by atoms with Crippen molar-refractivity contribution in [3.05, 3.63) is 151 Å². The van der Waals surface area contributed by atoms with Crippen LogP contribution in [0.5, 0.6) is 0 Å². The number of aryl methyl sites for hydroxylation is 1. The van der Waals surface area contributed by atoms with Crippen LogP contribution in [-0.4, -0.2) is 9.13 Å². The summed E-state index contributed by atoms with van der Waals surface area (Å²) >= 11 is 0. The van der Waals surface area contributed by atoms with Gasteiger partial charge in [-0.1, -0.05) is 98.1 Å². The molecule has 0 N–H and O–H groups in total. The van der Waals surface area contributed by atoms with E-state index < -0.39 is 0 Å². The Morgan fingerprint density at radius 3 is 1.50 bits per heavy atom. The van der Waals surface area contributed by atoms with E-state index in [-0.39, 0.29) is 0 Å². The van der Waals surface area contributed by atoms with E-state index in [1.54, 1.807) is 12.2 Å². The zero-order valence-electron chi connectivity index (χ0n) is 23.9. The molecule has 0 aliphatic rings. The van der Waals surface area contributed by atoms with Crippen molar-refractivity contribution in [1.29, 1.82) is 0 Å². The summed E-state index contributed by atoms with van der Waals surface area (Å²) in [6, 6.07) is 35.1. The first kappa shape index (κ1) is 26.8. The fourth-order valence-corrected chi connectivity index (χ4v) is 5.57. The van der Waals surface area contributed by atoms with Crippen molar-refractivity contribution in [3.63, 3.8) is 0 Å². The number of hydrogen-bond donors (Lipinski definition) is 0. The molecule has 2 nitrogen and oxygen atoms in total. The van der Waals surface area contributed by atoms with Gasteiger partial charge in [-0.2, -0.15) is 0 Å². The molecule has 0 saturated heterocycles. The van der Waals surface area contributed by atoms with Crippen molar-refractivity contribution in [2.45, 2.75) is 27.7 Å². The van der Waals surface area contributed by atoms with E-state index in [1.807, 2.05) is 0 Å². The fraction of sp³-hybridized carbons (Fsp3) is 0.105. The standard InChI is InChI=1S/C34H30N2.C4H6/c1-5-10-31-25(4)36(34-14-9-7-12-32(31)34)29-21-17-27(18-22-29)26-15-19-28(20-16-26)35-24(3)23(2)30-11-6-8-13-33(30)35;1-3-4-2/h5-22H,1-4H3;3-4H,1-2H2/b10-5-;. The Kier molecular flexibility index (Phi) is 7.70. The number of benzene rings is 4. The second-order valence-corrected chi connectivity index (χ2v) is 9.98. The molecule has 2 heteroatoms. The van der Waals surface area contributed by atoms with E-state index in [2.05, 4.69) is 159 Å². The molecule has 0 fully saturated rings. The SMILES string of the molecule is C/C=C\c1c(C)n(-c2ccc(-c3ccc(-n4c(C)c(C)c5ccccc54)cc3)cc2)c2ccccc12.C=CC=C. The maximum atomic E-state index is 3.36. The highest BCUT2D eigenvalue weighted by molar-refractivity contribution is 5.93. The molecule has 0 aliphatic carbocycles. The first-order valence-electron chi connectivity index (χ1n) is 13.7. The van der Waals surface area contributed by atoms with Crippen LogP contribution in [0.3, 0.4) is 0 Å². The van der Waals surface area contributed by atoms with Gasteiger partial charge < -0.3 is 9.13 Å². The Morgan fingerprint density at radius 1 is 0.550 bits per heavy atom. The molecular formula is C38H36N2. The molecule has 0 radical (unpaired) electrons. The van der Waals surface area contributed by atoms with Gasteiger partial charge in [0.25, 0.3) is 0 Å². The molecule has 0 saturated carbocycles. The van der Waals surface area contributed by atoms with Gasteiger partial charge in [-0.15, -0.1) is 0 Å². The highest BCUT2D eigenvalue weighted by Crippen LogP contribution is 2.32. The van der Waals surface area contributed by atoms with Crippen LogP contribution in [0.15, 0.2) is 128 Å². The third kappa shape index (κ3) is 4.74. The summed E-state index contributed by atoms with van der Waals surface area (Å²) in [7, 11) is 0. The van der Waals surface area contributed by atoms with Gasteiger partial charge in [-0.3, -0.25) is 0 Å². The molecule has 0 unspecified atom stereocenters. The van der Waals surface area contributed by atoms with Crippen LogP contribution in [0.1, 0.15) is 29.4 Å². The second-order valence-electron chi connectivity index (χ2n) is 9.98. The molecular weight excluding hydrogens is 484 g/mol. The Hall–Kier alpha value is -4.82. The molecule has 0 amide bonds.